The smallest absolute Gasteiger partial charge is 0.333 e. The molecule has 1 unspecified atom stereocenters. The van der Waals surface area contributed by atoms with Crippen molar-refractivity contribution in [3.8, 4) is 0 Å². The molecule has 0 aromatic carbocycles. The van der Waals surface area contributed by atoms with Crippen molar-refractivity contribution in [3.05, 3.63) is 12.2 Å². The Kier molecular flexibility index (Phi) is 3.88. The van der Waals surface area contributed by atoms with Gasteiger partial charge in [-0.25, -0.2) is 4.79 Å². The number of esters is 1. The van der Waals surface area contributed by atoms with Crippen molar-refractivity contribution in [1.82, 2.24) is 0 Å². The second-order valence-corrected chi connectivity index (χ2v) is 4.20. The maximum atomic E-state index is 11.0. The van der Waals surface area contributed by atoms with Crippen molar-refractivity contribution in [2.75, 3.05) is 19.8 Å². The molecule has 1 saturated heterocycles. The lowest BCUT2D eigenvalue weighted by Crippen LogP contribution is -2.15. The molecule has 0 spiro atoms. The molecule has 0 bridgehead atoms. The van der Waals surface area contributed by atoms with Gasteiger partial charge >= 0.3 is 5.97 Å². The first-order valence-electron chi connectivity index (χ1n) is 5.01. The zero-order chi connectivity index (χ0) is 11.5. The van der Waals surface area contributed by atoms with Gasteiger partial charge in [-0.1, -0.05) is 6.58 Å². The summed E-state index contributed by atoms with van der Waals surface area (Å²) in [6.07, 6.45) is 0.175. The summed E-state index contributed by atoms with van der Waals surface area (Å²) in [5.74, 6) is -0.374. The predicted octanol–water partition coefficient (Wildman–Crippen LogP) is 1.30. The number of hydrogen-bond acceptors (Lipinski definition) is 4. The van der Waals surface area contributed by atoms with E-state index >= 15 is 0 Å². The zero-order valence-corrected chi connectivity index (χ0v) is 9.54. The molecule has 15 heavy (non-hydrogen) atoms. The Bertz CT molecular complexity index is 257. The molecule has 0 aromatic heterocycles. The minimum Gasteiger partial charge on any atom is -0.460 e. The van der Waals surface area contributed by atoms with Gasteiger partial charge in [0.15, 0.2) is 0 Å². The SMILES string of the molecule is C=C(C)C(=O)OCCOCC1OC1(C)C. The van der Waals surface area contributed by atoms with Gasteiger partial charge in [-0.05, 0) is 20.8 Å². The van der Waals surface area contributed by atoms with E-state index in [9.17, 15) is 4.79 Å². The van der Waals surface area contributed by atoms with Crippen LogP contribution in [0.5, 0.6) is 0 Å². The molecule has 0 aromatic rings. The van der Waals surface area contributed by atoms with E-state index in [0.717, 1.165) is 0 Å². The highest BCUT2D eigenvalue weighted by Crippen LogP contribution is 2.35. The molecule has 1 heterocycles. The van der Waals surface area contributed by atoms with Crippen molar-refractivity contribution in [1.29, 1.82) is 0 Å². The first-order valence-corrected chi connectivity index (χ1v) is 5.01. The molecule has 4 heteroatoms. The third-order valence-corrected chi connectivity index (χ3v) is 2.24. The molecule has 0 radical (unpaired) electrons. The summed E-state index contributed by atoms with van der Waals surface area (Å²) < 4.78 is 15.5. The highest BCUT2D eigenvalue weighted by molar-refractivity contribution is 5.86. The van der Waals surface area contributed by atoms with Gasteiger partial charge in [-0.3, -0.25) is 0 Å². The minimum absolute atomic E-state index is 0.0472. The highest BCUT2D eigenvalue weighted by atomic mass is 16.6. The summed E-state index contributed by atoms with van der Waals surface area (Å²) >= 11 is 0. The fourth-order valence-electron chi connectivity index (χ4n) is 1.07. The van der Waals surface area contributed by atoms with E-state index in [1.54, 1.807) is 6.92 Å². The average molecular weight is 214 g/mol. The Morgan fingerprint density at radius 2 is 2.07 bits per heavy atom. The standard InChI is InChI=1S/C11H18O4/c1-8(2)10(12)14-6-5-13-7-9-11(3,4)15-9/h9H,1,5-7H2,2-4H3. The van der Waals surface area contributed by atoms with Gasteiger partial charge in [0, 0.05) is 5.57 Å². The number of hydrogen-bond donors (Lipinski definition) is 0. The first-order chi connectivity index (χ1) is 6.93. The Balaban J connectivity index is 1.94. The van der Waals surface area contributed by atoms with E-state index < -0.39 is 0 Å². The average Bonchev–Trinajstić information content (AvgIpc) is 2.73. The molecular weight excluding hydrogens is 196 g/mol. The molecule has 0 saturated carbocycles. The lowest BCUT2D eigenvalue weighted by molar-refractivity contribution is -0.140. The van der Waals surface area contributed by atoms with Crippen molar-refractivity contribution < 1.29 is 19.0 Å². The second kappa shape index (κ2) is 4.77. The van der Waals surface area contributed by atoms with Crippen molar-refractivity contribution in [2.24, 2.45) is 0 Å². The van der Waals surface area contributed by atoms with Crippen LogP contribution >= 0.6 is 0 Å². The molecular formula is C11H18O4. The van der Waals surface area contributed by atoms with Gasteiger partial charge in [0.25, 0.3) is 0 Å². The summed E-state index contributed by atoms with van der Waals surface area (Å²) in [5, 5.41) is 0. The van der Waals surface area contributed by atoms with Crippen LogP contribution in [-0.2, 0) is 19.0 Å². The van der Waals surface area contributed by atoms with E-state index in [1.807, 2.05) is 13.8 Å². The molecule has 0 N–H and O–H groups in total. The van der Waals surface area contributed by atoms with Gasteiger partial charge in [0.2, 0.25) is 0 Å². The van der Waals surface area contributed by atoms with Crippen LogP contribution in [-0.4, -0.2) is 37.5 Å². The third kappa shape index (κ3) is 4.01. The van der Waals surface area contributed by atoms with Crippen LogP contribution < -0.4 is 0 Å². The maximum absolute atomic E-state index is 11.0. The topological polar surface area (TPSA) is 48.1 Å². The highest BCUT2D eigenvalue weighted by Gasteiger charge is 2.47. The van der Waals surface area contributed by atoms with E-state index in [1.165, 1.54) is 0 Å². The molecule has 1 rings (SSSR count). The van der Waals surface area contributed by atoms with Crippen LogP contribution in [0.4, 0.5) is 0 Å². The Hall–Kier alpha value is -0.870. The minimum atomic E-state index is -0.374. The summed E-state index contributed by atoms with van der Waals surface area (Å²) in [6, 6.07) is 0. The lowest BCUT2D eigenvalue weighted by atomic mass is 10.1. The lowest BCUT2D eigenvalue weighted by Gasteiger charge is -2.04. The Labute approximate surface area is 90.2 Å². The fourth-order valence-corrected chi connectivity index (χ4v) is 1.07. The van der Waals surface area contributed by atoms with E-state index in [2.05, 4.69) is 6.58 Å². The van der Waals surface area contributed by atoms with Gasteiger partial charge in [-0.15, -0.1) is 0 Å². The Morgan fingerprint density at radius 1 is 1.47 bits per heavy atom. The third-order valence-electron chi connectivity index (χ3n) is 2.24. The van der Waals surface area contributed by atoms with Crippen LogP contribution in [0.3, 0.4) is 0 Å². The number of epoxide rings is 1. The predicted molar refractivity (Wildman–Crippen MR) is 55.5 cm³/mol. The van der Waals surface area contributed by atoms with Crippen LogP contribution in [0.25, 0.3) is 0 Å². The van der Waals surface area contributed by atoms with Crippen LogP contribution in [0.1, 0.15) is 20.8 Å². The molecule has 0 aliphatic carbocycles. The number of rotatable bonds is 6. The van der Waals surface area contributed by atoms with Crippen LogP contribution in [0, 0.1) is 0 Å². The van der Waals surface area contributed by atoms with Crippen LogP contribution in [0.15, 0.2) is 12.2 Å². The summed E-state index contributed by atoms with van der Waals surface area (Å²) in [5.41, 5.74) is 0.357. The molecule has 1 fully saturated rings. The zero-order valence-electron chi connectivity index (χ0n) is 9.54. The van der Waals surface area contributed by atoms with E-state index in [0.29, 0.717) is 18.8 Å². The summed E-state index contributed by atoms with van der Waals surface area (Å²) in [6.45, 7) is 10.3. The number of carbonyl (C=O) groups is 1. The molecule has 1 aliphatic rings. The first kappa shape index (κ1) is 12.2. The maximum Gasteiger partial charge on any atom is 0.333 e. The Morgan fingerprint density at radius 3 is 2.53 bits per heavy atom. The van der Waals surface area contributed by atoms with E-state index in [-0.39, 0.29) is 24.3 Å². The fraction of sp³-hybridized carbons (Fsp3) is 0.727. The number of carbonyl (C=O) groups excluding carboxylic acids is 1. The van der Waals surface area contributed by atoms with Crippen molar-refractivity contribution >= 4 is 5.97 Å². The number of ether oxygens (including phenoxy) is 3. The van der Waals surface area contributed by atoms with Gasteiger partial charge in [0.1, 0.15) is 12.7 Å². The van der Waals surface area contributed by atoms with Gasteiger partial charge in [-0.2, -0.15) is 0 Å². The van der Waals surface area contributed by atoms with Gasteiger partial charge < -0.3 is 14.2 Å². The molecule has 0 amide bonds. The second-order valence-electron chi connectivity index (χ2n) is 4.20. The van der Waals surface area contributed by atoms with Crippen molar-refractivity contribution in [3.63, 3.8) is 0 Å². The molecule has 86 valence electrons. The molecule has 1 atom stereocenters. The summed E-state index contributed by atoms with van der Waals surface area (Å²) in [4.78, 5) is 11.0. The van der Waals surface area contributed by atoms with Gasteiger partial charge in [0.05, 0.1) is 18.8 Å². The normalized spacial score (nSPS) is 22.2. The summed E-state index contributed by atoms with van der Waals surface area (Å²) in [7, 11) is 0. The van der Waals surface area contributed by atoms with Crippen molar-refractivity contribution in [2.45, 2.75) is 32.5 Å². The van der Waals surface area contributed by atoms with E-state index in [4.69, 9.17) is 14.2 Å². The van der Waals surface area contributed by atoms with Crippen LogP contribution in [0.2, 0.25) is 0 Å². The molecule has 1 aliphatic heterocycles. The quantitative estimate of drug-likeness (QED) is 0.289. The monoisotopic (exact) mass is 214 g/mol. The largest absolute Gasteiger partial charge is 0.460 e. The molecule has 4 nitrogen and oxygen atoms in total.